The highest BCUT2D eigenvalue weighted by Gasteiger charge is 2.27. The number of hydrogen-bond acceptors (Lipinski definition) is 2. The molecule has 0 spiro atoms. The maximum Gasteiger partial charge on any atom is 0.232 e. The van der Waals surface area contributed by atoms with Crippen LogP contribution in [0, 0.1) is 0 Å². The molecule has 18 heavy (non-hydrogen) atoms. The summed E-state index contributed by atoms with van der Waals surface area (Å²) in [4.78, 5) is 12.1. The van der Waals surface area contributed by atoms with Gasteiger partial charge in [0.15, 0.2) is 5.76 Å². The van der Waals surface area contributed by atoms with Crippen molar-refractivity contribution in [2.45, 2.75) is 0 Å². The van der Waals surface area contributed by atoms with Gasteiger partial charge in [0.05, 0.1) is 5.56 Å². The lowest BCUT2D eigenvalue weighted by Crippen LogP contribution is -1.97. The third kappa shape index (κ3) is 1.91. The number of halogens is 1. The Morgan fingerprint density at radius 3 is 2.61 bits per heavy atom. The highest BCUT2D eigenvalue weighted by atomic mass is 35.5. The van der Waals surface area contributed by atoms with Crippen molar-refractivity contribution in [3.8, 4) is 5.75 Å². The number of Topliss-reactive ketones (excluding diaryl/α,β-unsaturated/α-hetero) is 1. The second-order valence-electron chi connectivity index (χ2n) is 3.99. The van der Waals surface area contributed by atoms with Gasteiger partial charge in [0.2, 0.25) is 5.78 Å². The van der Waals surface area contributed by atoms with E-state index in [1.54, 1.807) is 24.3 Å². The summed E-state index contributed by atoms with van der Waals surface area (Å²) in [5.41, 5.74) is 1.45. The minimum absolute atomic E-state index is 0.128. The zero-order valence-corrected chi connectivity index (χ0v) is 10.1. The van der Waals surface area contributed by atoms with E-state index in [9.17, 15) is 4.79 Å². The number of ether oxygens (including phenoxy) is 1. The molecule has 0 bridgehead atoms. The Bertz CT molecular complexity index is 645. The SMILES string of the molecule is O=C1C(=Cc2ccccc2)Oc2ccc(Cl)cc21. The number of ketones is 1. The average molecular weight is 257 g/mol. The highest BCUT2D eigenvalue weighted by Crippen LogP contribution is 2.33. The van der Waals surface area contributed by atoms with Gasteiger partial charge in [-0.05, 0) is 29.8 Å². The van der Waals surface area contributed by atoms with Gasteiger partial charge in [0.1, 0.15) is 5.75 Å². The van der Waals surface area contributed by atoms with E-state index >= 15 is 0 Å². The number of rotatable bonds is 1. The molecule has 0 amide bonds. The monoisotopic (exact) mass is 256 g/mol. The molecule has 2 aromatic carbocycles. The van der Waals surface area contributed by atoms with Crippen LogP contribution >= 0.6 is 11.6 Å². The molecule has 0 atom stereocenters. The third-order valence-electron chi connectivity index (χ3n) is 2.73. The van der Waals surface area contributed by atoms with Gasteiger partial charge in [-0.25, -0.2) is 0 Å². The van der Waals surface area contributed by atoms with Crippen LogP contribution in [-0.2, 0) is 0 Å². The molecule has 88 valence electrons. The fourth-order valence-corrected chi connectivity index (χ4v) is 2.03. The molecule has 0 unspecified atom stereocenters. The Hall–Kier alpha value is -2.06. The maximum atomic E-state index is 12.1. The molecule has 2 nitrogen and oxygen atoms in total. The minimum Gasteiger partial charge on any atom is -0.452 e. The Balaban J connectivity index is 2.00. The normalized spacial score (nSPS) is 15.6. The van der Waals surface area contributed by atoms with Gasteiger partial charge in [0, 0.05) is 5.02 Å². The standard InChI is InChI=1S/C15H9ClO2/c16-11-6-7-13-12(9-11)15(17)14(18-13)8-10-4-2-1-3-5-10/h1-9H. The molecule has 1 aliphatic rings. The van der Waals surface area contributed by atoms with Crippen LogP contribution in [0.4, 0.5) is 0 Å². The quantitative estimate of drug-likeness (QED) is 0.722. The molecule has 3 rings (SSSR count). The van der Waals surface area contributed by atoms with E-state index in [0.29, 0.717) is 22.1 Å². The number of hydrogen-bond donors (Lipinski definition) is 0. The Kier molecular flexibility index (Phi) is 2.65. The molecule has 1 aliphatic heterocycles. The molecule has 0 saturated carbocycles. The maximum absolute atomic E-state index is 12.1. The lowest BCUT2D eigenvalue weighted by atomic mass is 10.1. The molecule has 0 fully saturated rings. The molecule has 0 saturated heterocycles. The molecular weight excluding hydrogens is 248 g/mol. The van der Waals surface area contributed by atoms with Crippen molar-refractivity contribution < 1.29 is 9.53 Å². The summed E-state index contributed by atoms with van der Waals surface area (Å²) in [5, 5.41) is 0.534. The molecule has 0 radical (unpaired) electrons. The number of benzene rings is 2. The van der Waals surface area contributed by atoms with E-state index in [0.717, 1.165) is 5.56 Å². The summed E-state index contributed by atoms with van der Waals surface area (Å²) in [7, 11) is 0. The van der Waals surface area contributed by atoms with Crippen LogP contribution in [0.2, 0.25) is 5.02 Å². The Morgan fingerprint density at radius 1 is 1.06 bits per heavy atom. The van der Waals surface area contributed by atoms with E-state index in [1.165, 1.54) is 0 Å². The Labute approximate surface area is 109 Å². The van der Waals surface area contributed by atoms with Crippen molar-refractivity contribution >= 4 is 23.5 Å². The minimum atomic E-state index is -0.128. The van der Waals surface area contributed by atoms with Gasteiger partial charge in [-0.15, -0.1) is 0 Å². The molecular formula is C15H9ClO2. The van der Waals surface area contributed by atoms with E-state index in [1.807, 2.05) is 30.3 Å². The predicted octanol–water partition coefficient (Wildman–Crippen LogP) is 3.96. The smallest absolute Gasteiger partial charge is 0.232 e. The number of carbonyl (C=O) groups is 1. The van der Waals surface area contributed by atoms with E-state index in [4.69, 9.17) is 16.3 Å². The third-order valence-corrected chi connectivity index (χ3v) is 2.96. The fraction of sp³-hybridized carbons (Fsp3) is 0. The van der Waals surface area contributed by atoms with Crippen LogP contribution in [-0.4, -0.2) is 5.78 Å². The van der Waals surface area contributed by atoms with Gasteiger partial charge in [-0.2, -0.15) is 0 Å². The van der Waals surface area contributed by atoms with Gasteiger partial charge in [0.25, 0.3) is 0 Å². The van der Waals surface area contributed by atoms with Crippen molar-refractivity contribution in [1.29, 1.82) is 0 Å². The number of carbonyl (C=O) groups excluding carboxylic acids is 1. The topological polar surface area (TPSA) is 26.3 Å². The summed E-state index contributed by atoms with van der Waals surface area (Å²) in [6.45, 7) is 0. The van der Waals surface area contributed by atoms with E-state index in [2.05, 4.69) is 0 Å². The average Bonchev–Trinajstić information content (AvgIpc) is 2.68. The first-order chi connectivity index (χ1) is 8.74. The molecule has 0 N–H and O–H groups in total. The largest absolute Gasteiger partial charge is 0.452 e. The van der Waals surface area contributed by atoms with E-state index in [-0.39, 0.29) is 5.78 Å². The van der Waals surface area contributed by atoms with Crippen molar-refractivity contribution in [3.05, 3.63) is 70.4 Å². The molecule has 1 heterocycles. The lowest BCUT2D eigenvalue weighted by molar-refractivity contribution is 0.101. The molecule has 3 heteroatoms. The second kappa shape index (κ2) is 4.31. The van der Waals surface area contributed by atoms with Crippen molar-refractivity contribution in [3.63, 3.8) is 0 Å². The van der Waals surface area contributed by atoms with Gasteiger partial charge in [-0.1, -0.05) is 41.9 Å². The van der Waals surface area contributed by atoms with Gasteiger partial charge >= 0.3 is 0 Å². The van der Waals surface area contributed by atoms with Gasteiger partial charge in [-0.3, -0.25) is 4.79 Å². The predicted molar refractivity (Wildman–Crippen MR) is 70.8 cm³/mol. The first-order valence-corrected chi connectivity index (χ1v) is 5.91. The lowest BCUT2D eigenvalue weighted by Gasteiger charge is -1.98. The van der Waals surface area contributed by atoms with Crippen LogP contribution in [0.15, 0.2) is 54.3 Å². The number of fused-ring (bicyclic) bond motifs is 1. The highest BCUT2D eigenvalue weighted by molar-refractivity contribution is 6.31. The number of allylic oxidation sites excluding steroid dienone is 1. The summed E-state index contributed by atoms with van der Waals surface area (Å²) in [5.74, 6) is 0.765. The summed E-state index contributed by atoms with van der Waals surface area (Å²) < 4.78 is 5.53. The summed E-state index contributed by atoms with van der Waals surface area (Å²) >= 11 is 5.87. The molecule has 0 aliphatic carbocycles. The summed E-state index contributed by atoms with van der Waals surface area (Å²) in [6, 6.07) is 14.6. The first-order valence-electron chi connectivity index (χ1n) is 5.53. The Morgan fingerprint density at radius 2 is 1.83 bits per heavy atom. The van der Waals surface area contributed by atoms with Crippen LogP contribution in [0.1, 0.15) is 15.9 Å². The van der Waals surface area contributed by atoms with Crippen LogP contribution in [0.3, 0.4) is 0 Å². The van der Waals surface area contributed by atoms with Crippen LogP contribution in [0.5, 0.6) is 5.75 Å². The fourth-order valence-electron chi connectivity index (χ4n) is 1.86. The second-order valence-corrected chi connectivity index (χ2v) is 4.43. The van der Waals surface area contributed by atoms with Crippen molar-refractivity contribution in [2.75, 3.05) is 0 Å². The summed E-state index contributed by atoms with van der Waals surface area (Å²) in [6.07, 6.45) is 1.73. The van der Waals surface area contributed by atoms with Crippen molar-refractivity contribution in [1.82, 2.24) is 0 Å². The molecule has 2 aromatic rings. The van der Waals surface area contributed by atoms with Gasteiger partial charge < -0.3 is 4.74 Å². The van der Waals surface area contributed by atoms with Crippen LogP contribution < -0.4 is 4.74 Å². The van der Waals surface area contributed by atoms with Crippen LogP contribution in [0.25, 0.3) is 6.08 Å². The molecule has 0 aromatic heterocycles. The zero-order valence-electron chi connectivity index (χ0n) is 9.39. The zero-order chi connectivity index (χ0) is 12.5. The first kappa shape index (κ1) is 11.1. The van der Waals surface area contributed by atoms with E-state index < -0.39 is 0 Å². The van der Waals surface area contributed by atoms with Crippen molar-refractivity contribution in [2.24, 2.45) is 0 Å².